The summed E-state index contributed by atoms with van der Waals surface area (Å²) in [6.07, 6.45) is -0.559. The molecule has 0 amide bonds. The van der Waals surface area contributed by atoms with Gasteiger partial charge < -0.3 is 15.7 Å². The molecule has 0 bridgehead atoms. The number of amidine groups is 1. The number of benzene rings is 1. The van der Waals surface area contributed by atoms with Crippen LogP contribution in [-0.4, -0.2) is 22.1 Å². The van der Waals surface area contributed by atoms with E-state index in [1.165, 1.54) is 0 Å². The molecule has 19 heavy (non-hydrogen) atoms. The molecule has 100 valence electrons. The van der Waals surface area contributed by atoms with Gasteiger partial charge in [0.2, 0.25) is 0 Å². The Hall–Kier alpha value is -2.01. The summed E-state index contributed by atoms with van der Waals surface area (Å²) in [6, 6.07) is 7.22. The monoisotopic (exact) mass is 279 g/mol. The molecule has 0 fully saturated rings. The molecule has 1 atom stereocenters. The second kappa shape index (κ2) is 5.32. The SMILES string of the molecule is Cc1ccc2c(Cl)ccc(OC(C)C(N)=NO)c2n1. The third-order valence-corrected chi connectivity index (χ3v) is 3.07. The second-order valence-electron chi connectivity index (χ2n) is 4.18. The molecule has 5 nitrogen and oxygen atoms in total. The number of nitrogens with two attached hydrogens (primary N) is 1. The molecular weight excluding hydrogens is 266 g/mol. The quantitative estimate of drug-likeness (QED) is 0.392. The maximum absolute atomic E-state index is 8.63. The van der Waals surface area contributed by atoms with E-state index in [9.17, 15) is 0 Å². The van der Waals surface area contributed by atoms with E-state index < -0.39 is 6.10 Å². The summed E-state index contributed by atoms with van der Waals surface area (Å²) in [7, 11) is 0. The number of fused-ring (bicyclic) bond motifs is 1. The third kappa shape index (κ3) is 2.71. The summed E-state index contributed by atoms with van der Waals surface area (Å²) in [5.41, 5.74) is 7.01. The maximum atomic E-state index is 8.63. The topological polar surface area (TPSA) is 80.7 Å². The fourth-order valence-corrected chi connectivity index (χ4v) is 1.90. The summed E-state index contributed by atoms with van der Waals surface area (Å²) in [5.74, 6) is 0.540. The molecule has 1 aromatic carbocycles. The number of pyridine rings is 1. The molecule has 6 heteroatoms. The van der Waals surface area contributed by atoms with E-state index in [1.807, 2.05) is 19.1 Å². The van der Waals surface area contributed by atoms with E-state index in [2.05, 4.69) is 10.1 Å². The van der Waals surface area contributed by atoms with Crippen molar-refractivity contribution in [2.24, 2.45) is 10.9 Å². The second-order valence-corrected chi connectivity index (χ2v) is 4.59. The molecule has 0 saturated heterocycles. The van der Waals surface area contributed by atoms with Gasteiger partial charge in [-0.1, -0.05) is 16.8 Å². The number of rotatable bonds is 3. The van der Waals surface area contributed by atoms with E-state index in [0.717, 1.165) is 11.1 Å². The summed E-state index contributed by atoms with van der Waals surface area (Å²) in [5, 5.41) is 13.0. The molecule has 0 radical (unpaired) electrons. The van der Waals surface area contributed by atoms with Crippen molar-refractivity contribution in [3.05, 3.63) is 35.0 Å². The molecule has 1 aromatic heterocycles. The van der Waals surface area contributed by atoms with Crippen molar-refractivity contribution in [1.82, 2.24) is 4.98 Å². The molecule has 0 aliphatic heterocycles. The van der Waals surface area contributed by atoms with Crippen molar-refractivity contribution in [2.75, 3.05) is 0 Å². The number of hydrogen-bond donors (Lipinski definition) is 2. The van der Waals surface area contributed by atoms with E-state index >= 15 is 0 Å². The van der Waals surface area contributed by atoms with Crippen LogP contribution in [0.1, 0.15) is 12.6 Å². The number of aryl methyl sites for hydroxylation is 1. The molecule has 0 aliphatic carbocycles. The zero-order chi connectivity index (χ0) is 14.0. The fraction of sp³-hybridized carbons (Fsp3) is 0.231. The minimum atomic E-state index is -0.559. The predicted octanol–water partition coefficient (Wildman–Crippen LogP) is 2.71. The Bertz CT molecular complexity index is 643. The lowest BCUT2D eigenvalue weighted by Crippen LogP contribution is -2.31. The van der Waals surface area contributed by atoms with Crippen molar-refractivity contribution in [1.29, 1.82) is 0 Å². The Labute approximate surface area is 115 Å². The van der Waals surface area contributed by atoms with Gasteiger partial charge in [-0.05, 0) is 38.1 Å². The van der Waals surface area contributed by atoms with Gasteiger partial charge in [-0.15, -0.1) is 0 Å². The lowest BCUT2D eigenvalue weighted by atomic mass is 10.2. The van der Waals surface area contributed by atoms with Crippen molar-refractivity contribution in [3.63, 3.8) is 0 Å². The minimum absolute atomic E-state index is 0.00393. The Balaban J connectivity index is 2.49. The Morgan fingerprint density at radius 3 is 2.84 bits per heavy atom. The van der Waals surface area contributed by atoms with Crippen LogP contribution in [0.25, 0.3) is 10.9 Å². The molecule has 0 aliphatic rings. The van der Waals surface area contributed by atoms with Crippen LogP contribution in [0, 0.1) is 6.92 Å². The summed E-state index contributed by atoms with van der Waals surface area (Å²) < 4.78 is 5.65. The summed E-state index contributed by atoms with van der Waals surface area (Å²) >= 11 is 6.12. The summed E-state index contributed by atoms with van der Waals surface area (Å²) in [4.78, 5) is 4.42. The van der Waals surface area contributed by atoms with Crippen LogP contribution < -0.4 is 10.5 Å². The van der Waals surface area contributed by atoms with E-state index in [0.29, 0.717) is 16.3 Å². The van der Waals surface area contributed by atoms with Crippen LogP contribution in [-0.2, 0) is 0 Å². The first kappa shape index (κ1) is 13.4. The average Bonchev–Trinajstić information content (AvgIpc) is 2.40. The van der Waals surface area contributed by atoms with E-state index in [-0.39, 0.29) is 5.84 Å². The van der Waals surface area contributed by atoms with Gasteiger partial charge in [-0.2, -0.15) is 0 Å². The Morgan fingerprint density at radius 2 is 2.16 bits per heavy atom. The van der Waals surface area contributed by atoms with Crippen LogP contribution in [0.2, 0.25) is 5.02 Å². The molecule has 3 N–H and O–H groups in total. The molecule has 2 aromatic rings. The zero-order valence-corrected chi connectivity index (χ0v) is 11.3. The number of oxime groups is 1. The van der Waals surface area contributed by atoms with Crippen LogP contribution in [0.3, 0.4) is 0 Å². The van der Waals surface area contributed by atoms with E-state index in [1.54, 1.807) is 19.1 Å². The first-order valence-electron chi connectivity index (χ1n) is 5.73. The number of hydrogen-bond acceptors (Lipinski definition) is 4. The normalized spacial score (nSPS) is 13.5. The third-order valence-electron chi connectivity index (χ3n) is 2.74. The highest BCUT2D eigenvalue weighted by molar-refractivity contribution is 6.35. The van der Waals surface area contributed by atoms with Gasteiger partial charge in [0.15, 0.2) is 11.9 Å². The minimum Gasteiger partial charge on any atom is -0.480 e. The lowest BCUT2D eigenvalue weighted by molar-refractivity contribution is 0.267. The highest BCUT2D eigenvalue weighted by Crippen LogP contribution is 2.30. The van der Waals surface area contributed by atoms with Gasteiger partial charge >= 0.3 is 0 Å². The van der Waals surface area contributed by atoms with Gasteiger partial charge in [0.05, 0.1) is 5.02 Å². The van der Waals surface area contributed by atoms with Gasteiger partial charge in [-0.25, -0.2) is 4.98 Å². The van der Waals surface area contributed by atoms with Gasteiger partial charge in [0.25, 0.3) is 0 Å². The van der Waals surface area contributed by atoms with Gasteiger partial charge in [0, 0.05) is 11.1 Å². The Morgan fingerprint density at radius 1 is 1.42 bits per heavy atom. The van der Waals surface area contributed by atoms with Gasteiger partial charge in [-0.3, -0.25) is 0 Å². The maximum Gasteiger partial charge on any atom is 0.180 e. The number of ether oxygens (including phenoxy) is 1. The average molecular weight is 280 g/mol. The highest BCUT2D eigenvalue weighted by atomic mass is 35.5. The first-order valence-corrected chi connectivity index (χ1v) is 6.10. The number of nitrogens with zero attached hydrogens (tertiary/aromatic N) is 2. The fourth-order valence-electron chi connectivity index (χ4n) is 1.68. The molecule has 1 heterocycles. The van der Waals surface area contributed by atoms with Crippen LogP contribution in [0.4, 0.5) is 0 Å². The van der Waals surface area contributed by atoms with Crippen molar-refractivity contribution >= 4 is 28.3 Å². The van der Waals surface area contributed by atoms with E-state index in [4.69, 9.17) is 27.3 Å². The van der Waals surface area contributed by atoms with Crippen molar-refractivity contribution in [3.8, 4) is 5.75 Å². The highest BCUT2D eigenvalue weighted by Gasteiger charge is 2.13. The first-order chi connectivity index (χ1) is 9.02. The molecule has 0 spiro atoms. The Kier molecular flexibility index (Phi) is 3.76. The lowest BCUT2D eigenvalue weighted by Gasteiger charge is -2.15. The molecule has 1 unspecified atom stereocenters. The van der Waals surface area contributed by atoms with Gasteiger partial charge in [0.1, 0.15) is 11.3 Å². The van der Waals surface area contributed by atoms with Crippen LogP contribution >= 0.6 is 11.6 Å². The molecule has 0 saturated carbocycles. The molecular formula is C13H14ClN3O2. The molecule has 2 rings (SSSR count). The zero-order valence-electron chi connectivity index (χ0n) is 10.6. The smallest absolute Gasteiger partial charge is 0.180 e. The van der Waals surface area contributed by atoms with Crippen molar-refractivity contribution in [2.45, 2.75) is 20.0 Å². The largest absolute Gasteiger partial charge is 0.480 e. The number of aromatic nitrogens is 1. The van der Waals surface area contributed by atoms with Crippen LogP contribution in [0.5, 0.6) is 5.75 Å². The standard InChI is InChI=1S/C13H14ClN3O2/c1-7-3-4-9-10(14)5-6-11(12(9)16-7)19-8(2)13(15)17-18/h3-6,8,18H,1-2H3,(H2,15,17). The van der Waals surface area contributed by atoms with Crippen LogP contribution in [0.15, 0.2) is 29.4 Å². The van der Waals surface area contributed by atoms with Crippen molar-refractivity contribution < 1.29 is 9.94 Å². The summed E-state index contributed by atoms with van der Waals surface area (Å²) in [6.45, 7) is 3.57. The predicted molar refractivity (Wildman–Crippen MR) is 75.0 cm³/mol. The number of halogens is 1.